The second-order valence-corrected chi connectivity index (χ2v) is 2.39. The van der Waals surface area contributed by atoms with Crippen molar-refractivity contribution in [3.05, 3.63) is 36.4 Å². The number of rotatable bonds is 0. The molecular weight excluding hydrogens is 171 g/mol. The Morgan fingerprint density at radius 2 is 1.00 bits per heavy atom. The van der Waals surface area contributed by atoms with E-state index in [2.05, 4.69) is 0 Å². The molecule has 0 amide bonds. The summed E-state index contributed by atoms with van der Waals surface area (Å²) in [5.74, 6) is 0. The summed E-state index contributed by atoms with van der Waals surface area (Å²) in [6.45, 7) is 0. The Kier molecular flexibility index (Phi) is 4.40. The van der Waals surface area contributed by atoms with E-state index in [0.29, 0.717) is 0 Å². The lowest BCUT2D eigenvalue weighted by atomic mass is 10.4. The minimum atomic E-state index is -5.17. The predicted molar refractivity (Wildman–Crippen MR) is 39.1 cm³/mol. The van der Waals surface area contributed by atoms with Crippen LogP contribution in [0.3, 0.4) is 0 Å². The molecule has 0 unspecified atom stereocenters. The molecule has 0 spiro atoms. The third kappa shape index (κ3) is 17.6. The van der Waals surface area contributed by atoms with Crippen LogP contribution >= 0.6 is 0 Å². The summed E-state index contributed by atoms with van der Waals surface area (Å²) in [4.78, 5) is 0. The van der Waals surface area contributed by atoms with Gasteiger partial charge in [-0.2, -0.15) is 8.42 Å². The van der Waals surface area contributed by atoms with E-state index >= 15 is 0 Å². The molecule has 0 aliphatic heterocycles. The molecule has 0 aliphatic rings. The number of hydrogen-bond donors (Lipinski definition) is 1. The van der Waals surface area contributed by atoms with Gasteiger partial charge in [0.25, 0.3) is 0 Å². The van der Waals surface area contributed by atoms with Crippen LogP contribution in [0.4, 0.5) is 3.89 Å². The average molecular weight is 178 g/mol. The minimum Gasteiger partial charge on any atom is -0.260 e. The van der Waals surface area contributed by atoms with Crippen LogP contribution in [0.1, 0.15) is 0 Å². The number of halogens is 1. The molecule has 0 aromatic heterocycles. The van der Waals surface area contributed by atoms with E-state index < -0.39 is 10.5 Å². The van der Waals surface area contributed by atoms with Crippen molar-refractivity contribution >= 4 is 10.5 Å². The van der Waals surface area contributed by atoms with Gasteiger partial charge in [-0.3, -0.25) is 4.55 Å². The van der Waals surface area contributed by atoms with E-state index in [1.165, 1.54) is 0 Å². The highest BCUT2D eigenvalue weighted by atomic mass is 32.3. The molecule has 0 saturated heterocycles. The van der Waals surface area contributed by atoms with Gasteiger partial charge in [-0.1, -0.05) is 40.3 Å². The van der Waals surface area contributed by atoms with Crippen LogP contribution in [0.5, 0.6) is 0 Å². The van der Waals surface area contributed by atoms with Gasteiger partial charge < -0.3 is 0 Å². The minimum absolute atomic E-state index is 2.00. The monoisotopic (exact) mass is 178 g/mol. The Morgan fingerprint density at radius 3 is 1.09 bits per heavy atom. The predicted octanol–water partition coefficient (Wildman–Crippen LogP) is 1.45. The Balaban J connectivity index is 0.000000187. The zero-order chi connectivity index (χ0) is 8.74. The molecule has 1 aromatic carbocycles. The lowest BCUT2D eigenvalue weighted by molar-refractivity contribution is 0.435. The van der Waals surface area contributed by atoms with E-state index in [-0.39, 0.29) is 0 Å². The smallest absolute Gasteiger partial charge is 0.260 e. The first-order valence-corrected chi connectivity index (χ1v) is 4.01. The molecular formula is C6H7FO3S. The molecule has 3 nitrogen and oxygen atoms in total. The third-order valence-corrected chi connectivity index (χ3v) is 0.667. The average Bonchev–Trinajstić information content (AvgIpc) is 1.88. The zero-order valence-corrected chi connectivity index (χ0v) is 6.33. The van der Waals surface area contributed by atoms with Crippen molar-refractivity contribution in [1.29, 1.82) is 0 Å². The van der Waals surface area contributed by atoms with Crippen molar-refractivity contribution in [2.24, 2.45) is 0 Å². The molecule has 62 valence electrons. The van der Waals surface area contributed by atoms with Crippen molar-refractivity contribution in [2.75, 3.05) is 0 Å². The topological polar surface area (TPSA) is 54.4 Å². The highest BCUT2D eigenvalue weighted by Crippen LogP contribution is 1.79. The molecule has 0 aliphatic carbocycles. The quantitative estimate of drug-likeness (QED) is 0.483. The molecule has 1 N–H and O–H groups in total. The van der Waals surface area contributed by atoms with Crippen LogP contribution in [-0.4, -0.2) is 13.0 Å². The summed E-state index contributed by atoms with van der Waals surface area (Å²) in [5.41, 5.74) is 0. The van der Waals surface area contributed by atoms with E-state index in [4.69, 9.17) is 13.0 Å². The van der Waals surface area contributed by atoms with E-state index in [1.807, 2.05) is 36.4 Å². The molecule has 0 saturated carbocycles. The van der Waals surface area contributed by atoms with Crippen LogP contribution < -0.4 is 0 Å². The first-order valence-electron chi connectivity index (χ1n) is 2.67. The van der Waals surface area contributed by atoms with E-state index in [0.717, 1.165) is 0 Å². The fourth-order valence-electron chi connectivity index (χ4n) is 0.385. The molecule has 1 rings (SSSR count). The summed E-state index contributed by atoms with van der Waals surface area (Å²) in [6.07, 6.45) is 0. The third-order valence-electron chi connectivity index (χ3n) is 0.667. The summed E-state index contributed by atoms with van der Waals surface area (Å²) in [6, 6.07) is 12.0. The van der Waals surface area contributed by atoms with Crippen LogP contribution in [0, 0.1) is 0 Å². The molecule has 1 aromatic rings. The Bertz CT molecular complexity index is 234. The summed E-state index contributed by atoms with van der Waals surface area (Å²) >= 11 is 0. The molecule has 5 heteroatoms. The molecule has 0 heterocycles. The fraction of sp³-hybridized carbons (Fsp3) is 0. The van der Waals surface area contributed by atoms with Gasteiger partial charge in [0.15, 0.2) is 0 Å². The van der Waals surface area contributed by atoms with Crippen LogP contribution in [0.25, 0.3) is 0 Å². The van der Waals surface area contributed by atoms with Gasteiger partial charge in [0.05, 0.1) is 0 Å². The van der Waals surface area contributed by atoms with Gasteiger partial charge in [-0.05, 0) is 0 Å². The second-order valence-electron chi connectivity index (χ2n) is 1.57. The van der Waals surface area contributed by atoms with Gasteiger partial charge in [0.1, 0.15) is 0 Å². The number of benzene rings is 1. The van der Waals surface area contributed by atoms with E-state index in [1.54, 1.807) is 0 Å². The van der Waals surface area contributed by atoms with Crippen LogP contribution in [0.2, 0.25) is 0 Å². The maximum Gasteiger partial charge on any atom is 0.435 e. The van der Waals surface area contributed by atoms with Crippen LogP contribution in [0.15, 0.2) is 36.4 Å². The van der Waals surface area contributed by atoms with Crippen molar-refractivity contribution in [2.45, 2.75) is 0 Å². The van der Waals surface area contributed by atoms with Gasteiger partial charge in [0.2, 0.25) is 0 Å². The lowest BCUT2D eigenvalue weighted by Gasteiger charge is -1.69. The first-order chi connectivity index (χ1) is 5.00. The Hall–Kier alpha value is -0.940. The van der Waals surface area contributed by atoms with Crippen LogP contribution in [-0.2, 0) is 10.5 Å². The SMILES string of the molecule is O=S(=O)(O)F.c1ccccc1. The zero-order valence-electron chi connectivity index (χ0n) is 5.51. The van der Waals surface area contributed by atoms with Gasteiger partial charge in [-0.15, -0.1) is 0 Å². The van der Waals surface area contributed by atoms with Crippen molar-refractivity contribution in [3.63, 3.8) is 0 Å². The molecule has 0 atom stereocenters. The maximum absolute atomic E-state index is 10.2. The summed E-state index contributed by atoms with van der Waals surface area (Å²) in [7, 11) is -5.17. The first kappa shape index (κ1) is 10.1. The maximum atomic E-state index is 10.2. The second kappa shape index (κ2) is 4.81. The summed E-state index contributed by atoms with van der Waals surface area (Å²) in [5, 5.41) is 0. The van der Waals surface area contributed by atoms with Crippen molar-refractivity contribution < 1.29 is 16.9 Å². The lowest BCUT2D eigenvalue weighted by Crippen LogP contribution is -1.80. The van der Waals surface area contributed by atoms with E-state index in [9.17, 15) is 3.89 Å². The number of hydrogen-bond acceptors (Lipinski definition) is 2. The largest absolute Gasteiger partial charge is 0.435 e. The standard InChI is InChI=1S/C6H6.FHO3S/c1-2-4-6-5-3-1;1-5(2,3)4/h1-6H;(H,2,3,4). The highest BCUT2D eigenvalue weighted by molar-refractivity contribution is 7.80. The Labute approximate surface area is 64.5 Å². The van der Waals surface area contributed by atoms with Gasteiger partial charge in [0, 0.05) is 0 Å². The van der Waals surface area contributed by atoms with Crippen molar-refractivity contribution in [3.8, 4) is 0 Å². The molecule has 0 bridgehead atoms. The highest BCUT2D eigenvalue weighted by Gasteiger charge is 1.89. The van der Waals surface area contributed by atoms with Gasteiger partial charge >= 0.3 is 10.5 Å². The molecule has 0 radical (unpaired) electrons. The fourth-order valence-corrected chi connectivity index (χ4v) is 0.385. The molecule has 11 heavy (non-hydrogen) atoms. The Morgan fingerprint density at radius 1 is 0.909 bits per heavy atom. The van der Waals surface area contributed by atoms with Gasteiger partial charge in [-0.25, -0.2) is 0 Å². The van der Waals surface area contributed by atoms with Crippen molar-refractivity contribution in [1.82, 2.24) is 0 Å². The normalized spacial score (nSPS) is 9.64. The summed E-state index contributed by atoms with van der Waals surface area (Å²) < 4.78 is 34.1. The molecule has 0 fully saturated rings.